The van der Waals surface area contributed by atoms with Crippen LogP contribution < -0.4 is 9.47 Å². The summed E-state index contributed by atoms with van der Waals surface area (Å²) in [5.41, 5.74) is 2.24. The van der Waals surface area contributed by atoms with Crippen molar-refractivity contribution in [2.24, 2.45) is 0 Å². The van der Waals surface area contributed by atoms with Gasteiger partial charge in [-0.2, -0.15) is 0 Å². The number of methoxy groups -OCH3 is 2. The van der Waals surface area contributed by atoms with Crippen molar-refractivity contribution in [2.75, 3.05) is 14.2 Å². The van der Waals surface area contributed by atoms with E-state index in [9.17, 15) is 9.90 Å². The topological polar surface area (TPSA) is 67.1 Å². The first-order valence-corrected chi connectivity index (χ1v) is 8.52. The fourth-order valence-corrected chi connectivity index (χ4v) is 2.80. The Labute approximate surface area is 157 Å². The second-order valence-electron chi connectivity index (χ2n) is 6.13. The number of rotatable bonds is 7. The highest BCUT2D eigenvalue weighted by Crippen LogP contribution is 2.20. The smallest absolute Gasteiger partial charge is 0.336 e. The van der Waals surface area contributed by atoms with Gasteiger partial charge in [-0.1, -0.05) is 24.3 Å². The number of aromatic carboxylic acids is 1. The van der Waals surface area contributed by atoms with Crippen molar-refractivity contribution >= 4 is 5.97 Å². The Morgan fingerprint density at radius 2 is 1.22 bits per heavy atom. The van der Waals surface area contributed by atoms with Crippen LogP contribution in [0.2, 0.25) is 0 Å². The highest BCUT2D eigenvalue weighted by atomic mass is 16.5. The highest BCUT2D eigenvalue weighted by molar-refractivity contribution is 5.87. The lowest BCUT2D eigenvalue weighted by Crippen LogP contribution is -2.01. The van der Waals surface area contributed by atoms with Crippen molar-refractivity contribution in [1.82, 2.24) is 0 Å². The lowest BCUT2D eigenvalue weighted by Gasteiger charge is -2.02. The van der Waals surface area contributed by atoms with Crippen molar-refractivity contribution in [1.29, 1.82) is 0 Å². The van der Waals surface area contributed by atoms with Gasteiger partial charge in [0.2, 0.25) is 0 Å². The lowest BCUT2D eigenvalue weighted by atomic mass is 10.1. The van der Waals surface area contributed by atoms with Crippen LogP contribution in [0.4, 0.5) is 0 Å². The van der Waals surface area contributed by atoms with Gasteiger partial charge >= 0.3 is 17.5 Å². The van der Waals surface area contributed by atoms with Crippen LogP contribution in [-0.2, 0) is 12.8 Å². The maximum Gasteiger partial charge on any atom is 0.336 e. The predicted molar refractivity (Wildman–Crippen MR) is 102 cm³/mol. The lowest BCUT2D eigenvalue weighted by molar-refractivity contribution is 0.0695. The summed E-state index contributed by atoms with van der Waals surface area (Å²) in [6, 6.07) is 18.4. The SMILES string of the molecule is COc1ccc(Cc2cc(C(=O)O)cc(Cc3ccc(OC)cc3)[o+]2)cc1. The average Bonchev–Trinajstić information content (AvgIpc) is 2.69. The van der Waals surface area contributed by atoms with Crippen LogP contribution in [0.25, 0.3) is 0 Å². The molecule has 138 valence electrons. The third-order valence-electron chi connectivity index (χ3n) is 4.22. The fourth-order valence-electron chi connectivity index (χ4n) is 2.80. The summed E-state index contributed by atoms with van der Waals surface area (Å²) < 4.78 is 16.3. The van der Waals surface area contributed by atoms with Gasteiger partial charge in [0.05, 0.1) is 44.8 Å². The van der Waals surface area contributed by atoms with Crippen molar-refractivity contribution in [3.05, 3.63) is 88.9 Å². The van der Waals surface area contributed by atoms with E-state index in [0.717, 1.165) is 22.6 Å². The largest absolute Gasteiger partial charge is 0.497 e. The summed E-state index contributed by atoms with van der Waals surface area (Å²) in [5, 5.41) is 9.43. The molecule has 27 heavy (non-hydrogen) atoms. The van der Waals surface area contributed by atoms with Crippen LogP contribution in [-0.4, -0.2) is 25.3 Å². The number of carboxylic acids is 1. The predicted octanol–water partition coefficient (Wildman–Crippen LogP) is 4.46. The number of hydrogen-bond acceptors (Lipinski definition) is 3. The van der Waals surface area contributed by atoms with Gasteiger partial charge in [0.15, 0.2) is 0 Å². The normalized spacial score (nSPS) is 10.4. The number of ether oxygens (including phenoxy) is 2. The van der Waals surface area contributed by atoms with Gasteiger partial charge in [-0.3, -0.25) is 0 Å². The number of carboxylic acid groups (broad SMARTS) is 1. The zero-order valence-corrected chi connectivity index (χ0v) is 15.3. The van der Waals surface area contributed by atoms with Crippen LogP contribution >= 0.6 is 0 Å². The van der Waals surface area contributed by atoms with Gasteiger partial charge in [0.1, 0.15) is 11.5 Å². The molecule has 1 aromatic heterocycles. The highest BCUT2D eigenvalue weighted by Gasteiger charge is 2.20. The monoisotopic (exact) mass is 365 g/mol. The molecule has 0 radical (unpaired) electrons. The standard InChI is InChI=1S/C22H20O5/c1-25-18-7-3-15(4-8-18)11-20-13-17(22(23)24)14-21(27-20)12-16-5-9-19(26-2)10-6-16/h3-10,13-14H,11-12H2,1-2H3/p+1. The molecule has 0 spiro atoms. The Morgan fingerprint density at radius 1 is 0.815 bits per heavy atom. The van der Waals surface area contributed by atoms with Gasteiger partial charge in [-0.15, -0.1) is 0 Å². The average molecular weight is 365 g/mol. The second kappa shape index (κ2) is 8.36. The molecular formula is C22H21O5+. The van der Waals surface area contributed by atoms with E-state index < -0.39 is 5.97 Å². The van der Waals surface area contributed by atoms with E-state index in [0.29, 0.717) is 24.4 Å². The summed E-state index contributed by atoms with van der Waals surface area (Å²) >= 11 is 0. The molecule has 3 aromatic rings. The van der Waals surface area contributed by atoms with E-state index in [2.05, 4.69) is 0 Å². The third kappa shape index (κ3) is 4.85. The minimum atomic E-state index is -0.974. The molecule has 2 aromatic carbocycles. The molecule has 0 aliphatic carbocycles. The molecule has 0 amide bonds. The van der Waals surface area contributed by atoms with Gasteiger partial charge in [0, 0.05) is 0 Å². The van der Waals surface area contributed by atoms with Crippen molar-refractivity contribution in [2.45, 2.75) is 12.8 Å². The second-order valence-corrected chi connectivity index (χ2v) is 6.13. The zero-order valence-electron chi connectivity index (χ0n) is 15.3. The molecule has 0 atom stereocenters. The van der Waals surface area contributed by atoms with Gasteiger partial charge in [0.25, 0.3) is 0 Å². The molecule has 0 saturated carbocycles. The van der Waals surface area contributed by atoms with Crippen molar-refractivity contribution in [3.8, 4) is 11.5 Å². The minimum Gasteiger partial charge on any atom is -0.497 e. The van der Waals surface area contributed by atoms with Crippen LogP contribution in [0.3, 0.4) is 0 Å². The number of benzene rings is 2. The molecule has 0 fully saturated rings. The molecule has 5 heteroatoms. The summed E-state index contributed by atoms with van der Waals surface area (Å²) in [4.78, 5) is 11.5. The minimum absolute atomic E-state index is 0.216. The molecule has 1 N–H and O–H groups in total. The van der Waals surface area contributed by atoms with Gasteiger partial charge < -0.3 is 14.6 Å². The van der Waals surface area contributed by atoms with Crippen LogP contribution in [0, 0.1) is 0 Å². The first kappa shape index (κ1) is 18.5. The summed E-state index contributed by atoms with van der Waals surface area (Å²) in [5.74, 6) is 1.77. The van der Waals surface area contributed by atoms with Crippen LogP contribution in [0.5, 0.6) is 11.5 Å². The van der Waals surface area contributed by atoms with Crippen LogP contribution in [0.15, 0.2) is 65.1 Å². The van der Waals surface area contributed by atoms with Gasteiger partial charge in [-0.25, -0.2) is 9.21 Å². The summed E-state index contributed by atoms with van der Waals surface area (Å²) in [6.45, 7) is 0. The van der Waals surface area contributed by atoms with E-state index >= 15 is 0 Å². The first-order chi connectivity index (χ1) is 13.1. The van der Waals surface area contributed by atoms with Gasteiger partial charge in [-0.05, 0) is 35.4 Å². The third-order valence-corrected chi connectivity index (χ3v) is 4.22. The number of hydrogen-bond donors (Lipinski definition) is 1. The Morgan fingerprint density at radius 3 is 1.56 bits per heavy atom. The molecule has 0 unspecified atom stereocenters. The van der Waals surface area contributed by atoms with E-state index in [1.807, 2.05) is 48.5 Å². The van der Waals surface area contributed by atoms with E-state index in [1.54, 1.807) is 26.4 Å². The molecule has 0 aliphatic heterocycles. The Balaban J connectivity index is 1.85. The molecule has 0 bridgehead atoms. The van der Waals surface area contributed by atoms with E-state index in [-0.39, 0.29) is 5.56 Å². The maximum absolute atomic E-state index is 11.5. The van der Waals surface area contributed by atoms with E-state index in [4.69, 9.17) is 13.9 Å². The quantitative estimate of drug-likeness (QED) is 0.626. The Hall–Kier alpha value is -3.34. The fraction of sp³-hybridized carbons (Fsp3) is 0.182. The molecular weight excluding hydrogens is 344 g/mol. The zero-order chi connectivity index (χ0) is 19.2. The van der Waals surface area contributed by atoms with E-state index in [1.165, 1.54) is 0 Å². The molecule has 1 heterocycles. The molecule has 0 aliphatic rings. The molecule has 3 rings (SSSR count). The van der Waals surface area contributed by atoms with Crippen molar-refractivity contribution < 1.29 is 23.8 Å². The molecule has 5 nitrogen and oxygen atoms in total. The summed E-state index contributed by atoms with van der Waals surface area (Å²) in [6.07, 6.45) is 1.00. The summed E-state index contributed by atoms with van der Waals surface area (Å²) in [7, 11) is 3.23. The van der Waals surface area contributed by atoms with Crippen molar-refractivity contribution in [3.63, 3.8) is 0 Å². The Bertz CT molecular complexity index is 847. The number of carbonyl (C=O) groups is 1. The van der Waals surface area contributed by atoms with Crippen LogP contribution in [0.1, 0.15) is 33.0 Å². The first-order valence-electron chi connectivity index (χ1n) is 8.52. The molecule has 0 saturated heterocycles. The Kier molecular flexibility index (Phi) is 5.71. The maximum atomic E-state index is 11.5.